The summed E-state index contributed by atoms with van der Waals surface area (Å²) in [6, 6.07) is 0. The Bertz CT molecular complexity index is 324. The molecule has 3 atom stereocenters. The zero-order valence-electron chi connectivity index (χ0n) is 12.1. The van der Waals surface area contributed by atoms with Gasteiger partial charge in [-0.3, -0.25) is 4.90 Å². The molecule has 1 heterocycles. The van der Waals surface area contributed by atoms with E-state index in [2.05, 4.69) is 38.3 Å². The summed E-state index contributed by atoms with van der Waals surface area (Å²) in [5.41, 5.74) is 2.97. The minimum Gasteiger partial charge on any atom is -0.373 e. The molecule has 1 aliphatic heterocycles. The fraction of sp³-hybridized carbons (Fsp3) is 0.750. The van der Waals surface area contributed by atoms with Gasteiger partial charge in [0.25, 0.3) is 0 Å². The highest BCUT2D eigenvalue weighted by Gasteiger charge is 2.23. The molecule has 2 heteroatoms. The minimum atomic E-state index is 0.376. The van der Waals surface area contributed by atoms with E-state index in [1.165, 1.54) is 24.8 Å². The van der Waals surface area contributed by atoms with E-state index in [0.29, 0.717) is 12.2 Å². The molecule has 0 amide bonds. The molecule has 1 fully saturated rings. The monoisotopic (exact) mass is 249 g/mol. The quantitative estimate of drug-likeness (QED) is 0.711. The smallest absolute Gasteiger partial charge is 0.0678 e. The van der Waals surface area contributed by atoms with E-state index in [1.54, 1.807) is 5.57 Å². The molecule has 0 unspecified atom stereocenters. The second-order valence-electron chi connectivity index (χ2n) is 6.13. The molecule has 0 bridgehead atoms. The van der Waals surface area contributed by atoms with Crippen molar-refractivity contribution in [2.24, 2.45) is 5.92 Å². The SMILES string of the molecule is C=C(C)[C@@H]1CC=C(CN2C[C@H](C)O[C@@H](C)C2)CC1. The zero-order chi connectivity index (χ0) is 13.1. The van der Waals surface area contributed by atoms with Gasteiger partial charge >= 0.3 is 0 Å². The fourth-order valence-corrected chi connectivity index (χ4v) is 3.18. The summed E-state index contributed by atoms with van der Waals surface area (Å²) in [6.07, 6.45) is 6.93. The van der Waals surface area contributed by atoms with E-state index < -0.39 is 0 Å². The average Bonchev–Trinajstić information content (AvgIpc) is 2.28. The third-order valence-corrected chi connectivity index (χ3v) is 4.12. The first-order valence-electron chi connectivity index (χ1n) is 7.25. The van der Waals surface area contributed by atoms with Crippen molar-refractivity contribution in [3.05, 3.63) is 23.8 Å². The van der Waals surface area contributed by atoms with Crippen LogP contribution in [0.25, 0.3) is 0 Å². The molecule has 2 rings (SSSR count). The predicted molar refractivity (Wildman–Crippen MR) is 76.7 cm³/mol. The van der Waals surface area contributed by atoms with Crippen LogP contribution in [0, 0.1) is 5.92 Å². The minimum absolute atomic E-state index is 0.376. The summed E-state index contributed by atoms with van der Waals surface area (Å²) >= 11 is 0. The van der Waals surface area contributed by atoms with Crippen LogP contribution in [0.4, 0.5) is 0 Å². The van der Waals surface area contributed by atoms with E-state index in [1.807, 2.05) is 0 Å². The van der Waals surface area contributed by atoms with Crippen molar-refractivity contribution in [3.8, 4) is 0 Å². The highest BCUT2D eigenvalue weighted by Crippen LogP contribution is 2.28. The van der Waals surface area contributed by atoms with Gasteiger partial charge in [0.2, 0.25) is 0 Å². The lowest BCUT2D eigenvalue weighted by atomic mass is 9.85. The molecule has 0 N–H and O–H groups in total. The van der Waals surface area contributed by atoms with Gasteiger partial charge in [-0.15, -0.1) is 0 Å². The van der Waals surface area contributed by atoms with Crippen molar-refractivity contribution >= 4 is 0 Å². The normalized spacial score (nSPS) is 34.2. The second kappa shape index (κ2) is 6.03. The van der Waals surface area contributed by atoms with Crippen molar-refractivity contribution in [1.82, 2.24) is 4.90 Å². The molecular formula is C16H27NO. The van der Waals surface area contributed by atoms with Gasteiger partial charge in [-0.1, -0.05) is 23.8 Å². The lowest BCUT2D eigenvalue weighted by molar-refractivity contribution is -0.0655. The number of nitrogens with zero attached hydrogens (tertiary/aromatic N) is 1. The lowest BCUT2D eigenvalue weighted by Crippen LogP contribution is -2.46. The summed E-state index contributed by atoms with van der Waals surface area (Å²) < 4.78 is 5.78. The zero-order valence-corrected chi connectivity index (χ0v) is 12.1. The number of rotatable bonds is 3. The highest BCUT2D eigenvalue weighted by atomic mass is 16.5. The van der Waals surface area contributed by atoms with Gasteiger partial charge in [0, 0.05) is 19.6 Å². The second-order valence-corrected chi connectivity index (χ2v) is 6.13. The molecule has 0 aromatic heterocycles. The Morgan fingerprint density at radius 1 is 1.39 bits per heavy atom. The van der Waals surface area contributed by atoms with Crippen LogP contribution in [0.3, 0.4) is 0 Å². The van der Waals surface area contributed by atoms with E-state index >= 15 is 0 Å². The lowest BCUT2D eigenvalue weighted by Gasteiger charge is -2.36. The average molecular weight is 249 g/mol. The van der Waals surface area contributed by atoms with Crippen molar-refractivity contribution in [2.45, 2.75) is 52.2 Å². The Morgan fingerprint density at radius 3 is 2.56 bits per heavy atom. The van der Waals surface area contributed by atoms with Crippen LogP contribution in [-0.2, 0) is 4.74 Å². The first kappa shape index (κ1) is 13.8. The molecular weight excluding hydrogens is 222 g/mol. The van der Waals surface area contributed by atoms with E-state index in [4.69, 9.17) is 4.74 Å². The standard InChI is InChI=1S/C16H27NO/c1-12(2)16-7-5-15(6-8-16)11-17-9-13(3)18-14(4)10-17/h5,13-14,16H,1,6-11H2,2-4H3/t13-,14-,16+/m0/s1. The predicted octanol–water partition coefficient (Wildman–Crippen LogP) is 3.40. The van der Waals surface area contributed by atoms with Crippen molar-refractivity contribution in [1.29, 1.82) is 0 Å². The van der Waals surface area contributed by atoms with Crippen molar-refractivity contribution in [2.75, 3.05) is 19.6 Å². The summed E-state index contributed by atoms with van der Waals surface area (Å²) in [5.74, 6) is 0.719. The molecule has 1 aliphatic carbocycles. The number of hydrogen-bond donors (Lipinski definition) is 0. The third-order valence-electron chi connectivity index (χ3n) is 4.12. The van der Waals surface area contributed by atoms with Crippen LogP contribution in [-0.4, -0.2) is 36.7 Å². The van der Waals surface area contributed by atoms with Gasteiger partial charge in [-0.2, -0.15) is 0 Å². The van der Waals surface area contributed by atoms with Crippen LogP contribution in [0.2, 0.25) is 0 Å². The summed E-state index contributed by atoms with van der Waals surface area (Å²) in [4.78, 5) is 2.55. The molecule has 0 spiro atoms. The number of hydrogen-bond acceptors (Lipinski definition) is 2. The number of allylic oxidation sites excluding steroid dienone is 2. The van der Waals surface area contributed by atoms with Crippen LogP contribution < -0.4 is 0 Å². The first-order chi connectivity index (χ1) is 8.54. The largest absolute Gasteiger partial charge is 0.373 e. The molecule has 2 aliphatic rings. The van der Waals surface area contributed by atoms with E-state index in [9.17, 15) is 0 Å². The van der Waals surface area contributed by atoms with E-state index in [0.717, 1.165) is 25.6 Å². The van der Waals surface area contributed by atoms with Crippen LogP contribution in [0.1, 0.15) is 40.0 Å². The number of ether oxygens (including phenoxy) is 1. The van der Waals surface area contributed by atoms with Gasteiger partial charge in [0.15, 0.2) is 0 Å². The first-order valence-corrected chi connectivity index (χ1v) is 7.25. The fourth-order valence-electron chi connectivity index (χ4n) is 3.18. The summed E-state index contributed by atoms with van der Waals surface area (Å²) in [7, 11) is 0. The maximum absolute atomic E-state index is 5.78. The summed E-state index contributed by atoms with van der Waals surface area (Å²) in [6.45, 7) is 13.9. The Balaban J connectivity index is 1.85. The molecule has 0 aromatic rings. The highest BCUT2D eigenvalue weighted by molar-refractivity contribution is 5.13. The summed E-state index contributed by atoms with van der Waals surface area (Å²) in [5, 5.41) is 0. The molecule has 0 saturated carbocycles. The van der Waals surface area contributed by atoms with Gasteiger partial charge in [0.1, 0.15) is 0 Å². The Hall–Kier alpha value is -0.600. The maximum Gasteiger partial charge on any atom is 0.0678 e. The molecule has 18 heavy (non-hydrogen) atoms. The van der Waals surface area contributed by atoms with Gasteiger partial charge in [0.05, 0.1) is 12.2 Å². The molecule has 1 saturated heterocycles. The topological polar surface area (TPSA) is 12.5 Å². The van der Waals surface area contributed by atoms with Crippen molar-refractivity contribution in [3.63, 3.8) is 0 Å². The Labute approximate surface area is 112 Å². The van der Waals surface area contributed by atoms with Gasteiger partial charge in [-0.25, -0.2) is 0 Å². The molecule has 2 nitrogen and oxygen atoms in total. The third kappa shape index (κ3) is 3.69. The van der Waals surface area contributed by atoms with Gasteiger partial charge in [-0.05, 0) is 46.0 Å². The van der Waals surface area contributed by atoms with E-state index in [-0.39, 0.29) is 0 Å². The molecule has 102 valence electrons. The van der Waals surface area contributed by atoms with Crippen LogP contribution >= 0.6 is 0 Å². The van der Waals surface area contributed by atoms with Gasteiger partial charge < -0.3 is 4.74 Å². The Kier molecular flexibility index (Phi) is 4.63. The molecule has 0 radical (unpaired) electrons. The van der Waals surface area contributed by atoms with Crippen LogP contribution in [0.15, 0.2) is 23.8 Å². The Morgan fingerprint density at radius 2 is 2.06 bits per heavy atom. The number of morpholine rings is 1. The van der Waals surface area contributed by atoms with Crippen LogP contribution in [0.5, 0.6) is 0 Å². The molecule has 0 aromatic carbocycles. The maximum atomic E-state index is 5.78. The van der Waals surface area contributed by atoms with Crippen molar-refractivity contribution < 1.29 is 4.74 Å².